The lowest BCUT2D eigenvalue weighted by Crippen LogP contribution is -2.30. The summed E-state index contributed by atoms with van der Waals surface area (Å²) in [5.41, 5.74) is 5.81. The van der Waals surface area contributed by atoms with Gasteiger partial charge in [0, 0.05) is 45.0 Å². The topological polar surface area (TPSA) is 55.2 Å². The van der Waals surface area contributed by atoms with Gasteiger partial charge in [-0.25, -0.2) is 0 Å². The van der Waals surface area contributed by atoms with Crippen LogP contribution in [0.25, 0.3) is 0 Å². The first kappa shape index (κ1) is 21.1. The third-order valence-corrected chi connectivity index (χ3v) is 7.83. The van der Waals surface area contributed by atoms with Crippen LogP contribution in [-0.2, 0) is 5.75 Å². The summed E-state index contributed by atoms with van der Waals surface area (Å²) in [7, 11) is 0. The standard InChI is InChI=1S/C26H23ClN2O2S/c1-16-12-17(15-32-19-6-3-2-4-7-19)13-22-20-8-5-9-21(20)26(28-25(16)22)23-14-18(29(30)31)10-11-24(23)27/h2-8,10-14,20-21,26,28H,9,15H2,1H3/t20-,21+,26-/m0/s1. The van der Waals surface area contributed by atoms with Crippen molar-refractivity contribution in [1.29, 1.82) is 0 Å². The van der Waals surface area contributed by atoms with Gasteiger partial charge in [0.2, 0.25) is 0 Å². The van der Waals surface area contributed by atoms with Crippen LogP contribution >= 0.6 is 23.4 Å². The number of nitro groups is 1. The Bertz CT molecular complexity index is 1210. The van der Waals surface area contributed by atoms with Crippen LogP contribution in [0.1, 0.15) is 40.6 Å². The average molecular weight is 463 g/mol. The van der Waals surface area contributed by atoms with E-state index < -0.39 is 0 Å². The van der Waals surface area contributed by atoms with Gasteiger partial charge in [0.1, 0.15) is 0 Å². The highest BCUT2D eigenvalue weighted by Gasteiger charge is 2.39. The number of nitro benzene ring substituents is 1. The van der Waals surface area contributed by atoms with Gasteiger partial charge in [-0.1, -0.05) is 54.1 Å². The summed E-state index contributed by atoms with van der Waals surface area (Å²) < 4.78 is 0. The number of rotatable bonds is 5. The van der Waals surface area contributed by atoms with Crippen LogP contribution < -0.4 is 5.32 Å². The number of allylic oxidation sites excluding steroid dienone is 2. The van der Waals surface area contributed by atoms with Crippen molar-refractivity contribution in [3.63, 3.8) is 0 Å². The maximum Gasteiger partial charge on any atom is 0.269 e. The van der Waals surface area contributed by atoms with E-state index in [9.17, 15) is 10.1 Å². The molecule has 6 heteroatoms. The minimum Gasteiger partial charge on any atom is -0.377 e. The van der Waals surface area contributed by atoms with Crippen LogP contribution in [0, 0.1) is 23.0 Å². The smallest absolute Gasteiger partial charge is 0.269 e. The number of hydrogen-bond acceptors (Lipinski definition) is 4. The van der Waals surface area contributed by atoms with E-state index in [0.717, 1.165) is 23.4 Å². The Morgan fingerprint density at radius 2 is 1.94 bits per heavy atom. The fourth-order valence-electron chi connectivity index (χ4n) is 4.92. The zero-order chi connectivity index (χ0) is 22.2. The molecule has 0 radical (unpaired) electrons. The minimum atomic E-state index is -0.358. The Morgan fingerprint density at radius 3 is 2.72 bits per heavy atom. The number of fused-ring (bicyclic) bond motifs is 3. The molecule has 1 heterocycles. The summed E-state index contributed by atoms with van der Waals surface area (Å²) in [6, 6.07) is 19.7. The molecule has 0 bridgehead atoms. The normalized spacial score (nSPS) is 21.0. The molecule has 0 aromatic heterocycles. The molecule has 3 atom stereocenters. The summed E-state index contributed by atoms with van der Waals surface area (Å²) in [5.74, 6) is 1.46. The highest BCUT2D eigenvalue weighted by atomic mass is 35.5. The largest absolute Gasteiger partial charge is 0.377 e. The molecular weight excluding hydrogens is 440 g/mol. The predicted molar refractivity (Wildman–Crippen MR) is 132 cm³/mol. The van der Waals surface area contributed by atoms with Gasteiger partial charge in [-0.05, 0) is 54.2 Å². The second-order valence-electron chi connectivity index (χ2n) is 8.42. The fourth-order valence-corrected chi connectivity index (χ4v) is 6.01. The van der Waals surface area contributed by atoms with Gasteiger partial charge in [0.05, 0.1) is 11.0 Å². The van der Waals surface area contributed by atoms with E-state index in [1.807, 2.05) is 17.8 Å². The van der Waals surface area contributed by atoms with E-state index in [1.165, 1.54) is 27.7 Å². The predicted octanol–water partition coefficient (Wildman–Crippen LogP) is 7.68. The number of nitrogens with zero attached hydrogens (tertiary/aromatic N) is 1. The fraction of sp³-hybridized carbons (Fsp3) is 0.231. The summed E-state index contributed by atoms with van der Waals surface area (Å²) in [6.45, 7) is 2.13. The average Bonchev–Trinajstić information content (AvgIpc) is 3.29. The number of benzene rings is 3. The molecule has 1 aliphatic carbocycles. The van der Waals surface area contributed by atoms with Crippen molar-refractivity contribution in [2.45, 2.75) is 36.0 Å². The van der Waals surface area contributed by atoms with Gasteiger partial charge >= 0.3 is 0 Å². The molecule has 1 N–H and O–H groups in total. The number of aryl methyl sites for hydroxylation is 1. The minimum absolute atomic E-state index is 0.0712. The van der Waals surface area contributed by atoms with E-state index in [1.54, 1.807) is 12.1 Å². The summed E-state index contributed by atoms with van der Waals surface area (Å²) in [5, 5.41) is 15.6. The summed E-state index contributed by atoms with van der Waals surface area (Å²) in [6.07, 6.45) is 5.43. The molecular formula is C26H23ClN2O2S. The Morgan fingerprint density at radius 1 is 1.12 bits per heavy atom. The lowest BCUT2D eigenvalue weighted by molar-refractivity contribution is -0.384. The first-order chi connectivity index (χ1) is 15.5. The molecule has 0 amide bonds. The van der Waals surface area contributed by atoms with Crippen molar-refractivity contribution in [3.8, 4) is 0 Å². The SMILES string of the molecule is Cc1cc(CSc2ccccc2)cc2c1N[C@H](c1cc([N+](=O)[O-])ccc1Cl)[C@@H]1CC=C[C@H]21. The summed E-state index contributed by atoms with van der Waals surface area (Å²) in [4.78, 5) is 12.3. The molecule has 3 aromatic rings. The van der Waals surface area contributed by atoms with Crippen molar-refractivity contribution in [1.82, 2.24) is 0 Å². The highest BCUT2D eigenvalue weighted by molar-refractivity contribution is 7.98. The second-order valence-corrected chi connectivity index (χ2v) is 9.87. The zero-order valence-corrected chi connectivity index (χ0v) is 19.2. The highest BCUT2D eigenvalue weighted by Crippen LogP contribution is 2.52. The third kappa shape index (κ3) is 3.91. The Labute approximate surface area is 196 Å². The van der Waals surface area contributed by atoms with Crippen LogP contribution in [0.4, 0.5) is 11.4 Å². The van der Waals surface area contributed by atoms with E-state index in [0.29, 0.717) is 5.02 Å². The Hall–Kier alpha value is -2.76. The van der Waals surface area contributed by atoms with Gasteiger partial charge in [0.25, 0.3) is 5.69 Å². The molecule has 0 saturated heterocycles. The number of halogens is 1. The van der Waals surface area contributed by atoms with Gasteiger partial charge < -0.3 is 5.32 Å². The second kappa shape index (κ2) is 8.64. The first-order valence-electron chi connectivity index (χ1n) is 10.7. The molecule has 5 rings (SSSR count). The Kier molecular flexibility index (Phi) is 5.70. The van der Waals surface area contributed by atoms with Gasteiger partial charge in [-0.15, -0.1) is 11.8 Å². The van der Waals surface area contributed by atoms with Crippen molar-refractivity contribution in [2.75, 3.05) is 5.32 Å². The third-order valence-electron chi connectivity index (χ3n) is 6.40. The maximum absolute atomic E-state index is 11.4. The molecule has 162 valence electrons. The number of hydrogen-bond donors (Lipinski definition) is 1. The van der Waals surface area contributed by atoms with Crippen molar-refractivity contribution in [2.24, 2.45) is 5.92 Å². The van der Waals surface area contributed by atoms with Crippen LogP contribution in [-0.4, -0.2) is 4.92 Å². The number of thioether (sulfide) groups is 1. The maximum atomic E-state index is 11.4. The van der Waals surface area contributed by atoms with Gasteiger partial charge in [0.15, 0.2) is 0 Å². The molecule has 2 aliphatic rings. The number of anilines is 1. The van der Waals surface area contributed by atoms with Gasteiger partial charge in [-0.2, -0.15) is 0 Å². The van der Waals surface area contributed by atoms with E-state index in [2.05, 4.69) is 60.8 Å². The Balaban J connectivity index is 1.49. The van der Waals surface area contributed by atoms with Crippen LogP contribution in [0.5, 0.6) is 0 Å². The molecule has 3 aromatic carbocycles. The molecule has 0 saturated carbocycles. The molecule has 0 fully saturated rings. The van der Waals surface area contributed by atoms with Crippen molar-refractivity contribution >= 4 is 34.7 Å². The molecule has 32 heavy (non-hydrogen) atoms. The van der Waals surface area contributed by atoms with E-state index >= 15 is 0 Å². The van der Waals surface area contributed by atoms with E-state index in [4.69, 9.17) is 11.6 Å². The first-order valence-corrected chi connectivity index (χ1v) is 12.1. The van der Waals surface area contributed by atoms with Gasteiger partial charge in [-0.3, -0.25) is 10.1 Å². The van der Waals surface area contributed by atoms with Crippen molar-refractivity contribution in [3.05, 3.63) is 110 Å². The number of non-ortho nitro benzene ring substituents is 1. The van der Waals surface area contributed by atoms with Crippen molar-refractivity contribution < 1.29 is 4.92 Å². The van der Waals surface area contributed by atoms with E-state index in [-0.39, 0.29) is 28.5 Å². The molecule has 4 nitrogen and oxygen atoms in total. The lowest BCUT2D eigenvalue weighted by atomic mass is 9.76. The molecule has 0 spiro atoms. The van der Waals surface area contributed by atoms with Crippen LogP contribution in [0.3, 0.4) is 0 Å². The number of nitrogens with one attached hydrogen (secondary N) is 1. The molecule has 1 aliphatic heterocycles. The lowest BCUT2D eigenvalue weighted by Gasteiger charge is -2.39. The van der Waals surface area contributed by atoms with Crippen LogP contribution in [0.15, 0.2) is 77.7 Å². The quantitative estimate of drug-likeness (QED) is 0.183. The molecule has 0 unspecified atom stereocenters. The monoisotopic (exact) mass is 462 g/mol. The van der Waals surface area contributed by atoms with Crippen LogP contribution in [0.2, 0.25) is 5.02 Å². The zero-order valence-electron chi connectivity index (χ0n) is 17.6. The summed E-state index contributed by atoms with van der Waals surface area (Å²) >= 11 is 8.37.